The van der Waals surface area contributed by atoms with E-state index in [0.717, 1.165) is 29.3 Å². The summed E-state index contributed by atoms with van der Waals surface area (Å²) in [4.78, 5) is 5.17. The normalized spacial score (nSPS) is 11.3. The predicted molar refractivity (Wildman–Crippen MR) is 136 cm³/mol. The fourth-order valence-electron chi connectivity index (χ4n) is 2.92. The number of thiazole rings is 1. The number of rotatable bonds is 7. The van der Waals surface area contributed by atoms with Gasteiger partial charge in [0.1, 0.15) is 12.7 Å². The van der Waals surface area contributed by atoms with Crippen LogP contribution in [-0.2, 0) is 6.61 Å². The number of ether oxygens (including phenoxy) is 2. The van der Waals surface area contributed by atoms with E-state index in [2.05, 4.69) is 33.6 Å². The molecule has 3 aromatic carbocycles. The van der Waals surface area contributed by atoms with Gasteiger partial charge in [-0.2, -0.15) is 5.26 Å². The Morgan fingerprint density at radius 2 is 1.94 bits per heavy atom. The zero-order chi connectivity index (χ0) is 21.6. The van der Waals surface area contributed by atoms with Gasteiger partial charge in [-0.25, -0.2) is 4.98 Å². The van der Waals surface area contributed by atoms with Crippen molar-refractivity contribution in [2.75, 3.05) is 7.11 Å². The minimum absolute atomic E-state index is 0.458. The number of hydrogen-bond acceptors (Lipinski definition) is 6. The van der Waals surface area contributed by atoms with E-state index in [0.29, 0.717) is 23.0 Å². The van der Waals surface area contributed by atoms with Crippen molar-refractivity contribution in [1.82, 2.24) is 4.98 Å². The molecule has 0 saturated heterocycles. The Labute approximate surface area is 202 Å². The summed E-state index contributed by atoms with van der Waals surface area (Å²) in [7, 11) is 1.62. The first kappa shape index (κ1) is 21.7. The summed E-state index contributed by atoms with van der Waals surface area (Å²) in [5.41, 5.74) is 2.91. The molecule has 0 radical (unpaired) electrons. The molecular formula is C24H17IN2O2S2. The number of fused-ring (bicyclic) bond motifs is 1. The van der Waals surface area contributed by atoms with E-state index in [-0.39, 0.29) is 0 Å². The highest BCUT2D eigenvalue weighted by molar-refractivity contribution is 14.1. The molecule has 1 heterocycles. The Bertz CT molecular complexity index is 1250. The second kappa shape index (κ2) is 10.2. The van der Waals surface area contributed by atoms with E-state index < -0.39 is 0 Å². The molecule has 0 atom stereocenters. The SMILES string of the molecule is COc1cc(/C=C(\C#N)Sc2nc3ccccc3s2)cc(I)c1OCc1ccccc1. The number of methoxy groups -OCH3 is 1. The average molecular weight is 556 g/mol. The third kappa shape index (κ3) is 5.39. The summed E-state index contributed by atoms with van der Waals surface area (Å²) in [6.45, 7) is 0.458. The first-order valence-electron chi connectivity index (χ1n) is 9.36. The number of halogens is 1. The minimum Gasteiger partial charge on any atom is -0.493 e. The maximum absolute atomic E-state index is 9.66. The standard InChI is InChI=1S/C24H17IN2O2S2/c1-28-21-13-17(12-19(25)23(21)29-15-16-7-3-2-4-8-16)11-18(14-26)30-24-27-20-9-5-6-10-22(20)31-24/h2-13H,15H2,1H3/b18-11+. The molecule has 31 heavy (non-hydrogen) atoms. The van der Waals surface area contributed by atoms with Crippen LogP contribution in [0.15, 0.2) is 76.0 Å². The molecule has 4 nitrogen and oxygen atoms in total. The predicted octanol–water partition coefficient (Wildman–Crippen LogP) is 7.15. The molecule has 0 unspecified atom stereocenters. The number of nitrogens with zero attached hydrogens (tertiary/aromatic N) is 2. The van der Waals surface area contributed by atoms with Crippen LogP contribution in [-0.4, -0.2) is 12.1 Å². The van der Waals surface area contributed by atoms with Crippen molar-refractivity contribution in [2.24, 2.45) is 0 Å². The zero-order valence-corrected chi connectivity index (χ0v) is 20.3. The van der Waals surface area contributed by atoms with Crippen molar-refractivity contribution in [1.29, 1.82) is 5.26 Å². The van der Waals surface area contributed by atoms with Gasteiger partial charge in [-0.1, -0.05) is 42.5 Å². The maximum Gasteiger partial charge on any atom is 0.174 e. The molecule has 0 bridgehead atoms. The molecule has 0 aliphatic carbocycles. The summed E-state index contributed by atoms with van der Waals surface area (Å²) in [6, 6.07) is 24.1. The summed E-state index contributed by atoms with van der Waals surface area (Å²) in [5, 5.41) is 9.66. The quantitative estimate of drug-likeness (QED) is 0.138. The molecule has 4 aromatic rings. The Morgan fingerprint density at radius 1 is 1.16 bits per heavy atom. The van der Waals surface area contributed by atoms with Gasteiger partial charge in [0.05, 0.1) is 25.8 Å². The maximum atomic E-state index is 9.66. The van der Waals surface area contributed by atoms with Crippen molar-refractivity contribution in [3.8, 4) is 17.6 Å². The summed E-state index contributed by atoms with van der Waals surface area (Å²) in [6.07, 6.45) is 1.85. The van der Waals surface area contributed by atoms with Crippen LogP contribution in [0.1, 0.15) is 11.1 Å². The average Bonchev–Trinajstić information content (AvgIpc) is 3.20. The third-order valence-corrected chi connectivity index (χ3v) is 7.18. The molecule has 0 amide bonds. The van der Waals surface area contributed by atoms with Crippen molar-refractivity contribution < 1.29 is 9.47 Å². The van der Waals surface area contributed by atoms with Crippen molar-refractivity contribution >= 4 is 62.0 Å². The van der Waals surface area contributed by atoms with Crippen LogP contribution >= 0.6 is 45.7 Å². The van der Waals surface area contributed by atoms with E-state index >= 15 is 0 Å². The zero-order valence-electron chi connectivity index (χ0n) is 16.5. The smallest absolute Gasteiger partial charge is 0.174 e. The van der Waals surface area contributed by atoms with Gasteiger partial charge in [-0.15, -0.1) is 11.3 Å². The van der Waals surface area contributed by atoms with Gasteiger partial charge in [0.2, 0.25) is 0 Å². The second-order valence-electron chi connectivity index (χ2n) is 6.48. The monoisotopic (exact) mass is 556 g/mol. The lowest BCUT2D eigenvalue weighted by molar-refractivity contribution is 0.282. The molecular weight excluding hydrogens is 539 g/mol. The van der Waals surface area contributed by atoms with Gasteiger partial charge in [0, 0.05) is 0 Å². The van der Waals surface area contributed by atoms with Gasteiger partial charge in [0.25, 0.3) is 0 Å². The summed E-state index contributed by atoms with van der Waals surface area (Å²) >= 11 is 5.19. The summed E-state index contributed by atoms with van der Waals surface area (Å²) < 4.78 is 14.5. The molecule has 4 rings (SSSR count). The van der Waals surface area contributed by atoms with Crippen LogP contribution in [0.2, 0.25) is 0 Å². The fraction of sp³-hybridized carbons (Fsp3) is 0.0833. The van der Waals surface area contributed by atoms with E-state index in [1.807, 2.05) is 72.8 Å². The third-order valence-electron chi connectivity index (χ3n) is 4.36. The number of benzene rings is 3. The van der Waals surface area contributed by atoms with Crippen LogP contribution < -0.4 is 9.47 Å². The van der Waals surface area contributed by atoms with Gasteiger partial charge in [-0.3, -0.25) is 0 Å². The Kier molecular flexibility index (Phi) is 7.12. The van der Waals surface area contributed by atoms with E-state index in [9.17, 15) is 5.26 Å². The number of allylic oxidation sites excluding steroid dienone is 1. The Hall–Kier alpha value is -2.54. The Balaban J connectivity index is 1.56. The van der Waals surface area contributed by atoms with Crippen LogP contribution in [0.5, 0.6) is 11.5 Å². The van der Waals surface area contributed by atoms with Gasteiger partial charge in [-0.05, 0) is 75.8 Å². The first-order chi connectivity index (χ1) is 15.2. The molecule has 0 N–H and O–H groups in total. The molecule has 0 saturated carbocycles. The van der Waals surface area contributed by atoms with Crippen molar-refractivity contribution in [3.63, 3.8) is 0 Å². The molecule has 1 aromatic heterocycles. The highest BCUT2D eigenvalue weighted by Crippen LogP contribution is 2.37. The number of aromatic nitrogens is 1. The van der Waals surface area contributed by atoms with Crippen molar-refractivity contribution in [2.45, 2.75) is 10.9 Å². The molecule has 0 spiro atoms. The number of para-hydroxylation sites is 1. The summed E-state index contributed by atoms with van der Waals surface area (Å²) in [5.74, 6) is 1.33. The molecule has 154 valence electrons. The van der Waals surface area contributed by atoms with Crippen LogP contribution in [0.3, 0.4) is 0 Å². The van der Waals surface area contributed by atoms with Gasteiger partial charge < -0.3 is 9.47 Å². The van der Waals surface area contributed by atoms with E-state index in [1.54, 1.807) is 18.4 Å². The number of thioether (sulfide) groups is 1. The Morgan fingerprint density at radius 3 is 2.68 bits per heavy atom. The van der Waals surface area contributed by atoms with Gasteiger partial charge >= 0.3 is 0 Å². The van der Waals surface area contributed by atoms with Crippen LogP contribution in [0, 0.1) is 14.9 Å². The largest absolute Gasteiger partial charge is 0.493 e. The minimum atomic E-state index is 0.458. The highest BCUT2D eigenvalue weighted by Gasteiger charge is 2.13. The molecule has 0 aliphatic rings. The molecule has 0 aliphatic heterocycles. The van der Waals surface area contributed by atoms with Crippen LogP contribution in [0.25, 0.3) is 16.3 Å². The van der Waals surface area contributed by atoms with E-state index in [1.165, 1.54) is 11.8 Å². The first-order valence-corrected chi connectivity index (χ1v) is 12.1. The van der Waals surface area contributed by atoms with Gasteiger partial charge in [0.15, 0.2) is 15.8 Å². The number of nitriles is 1. The van der Waals surface area contributed by atoms with E-state index in [4.69, 9.17) is 9.47 Å². The fourth-order valence-corrected chi connectivity index (χ4v) is 5.67. The number of hydrogen-bond donors (Lipinski definition) is 0. The lowest BCUT2D eigenvalue weighted by atomic mass is 10.2. The van der Waals surface area contributed by atoms with Crippen molar-refractivity contribution in [3.05, 3.63) is 86.3 Å². The highest BCUT2D eigenvalue weighted by atomic mass is 127. The second-order valence-corrected chi connectivity index (χ2v) is 9.96. The topological polar surface area (TPSA) is 55.1 Å². The lowest BCUT2D eigenvalue weighted by Gasteiger charge is -2.14. The molecule has 7 heteroatoms. The van der Waals surface area contributed by atoms with Crippen LogP contribution in [0.4, 0.5) is 0 Å². The molecule has 0 fully saturated rings. The lowest BCUT2D eigenvalue weighted by Crippen LogP contribution is -2.00.